The van der Waals surface area contributed by atoms with E-state index < -0.39 is 0 Å². The van der Waals surface area contributed by atoms with Gasteiger partial charge in [-0.05, 0) is 104 Å². The fourth-order valence-electron chi connectivity index (χ4n) is 9.07. The lowest BCUT2D eigenvalue weighted by molar-refractivity contribution is 0.669. The zero-order valence-corrected chi connectivity index (χ0v) is 26.4. The first-order valence-corrected chi connectivity index (χ1v) is 17.0. The minimum atomic E-state index is 0.913. The van der Waals surface area contributed by atoms with Crippen molar-refractivity contribution in [2.75, 3.05) is 0 Å². The van der Waals surface area contributed by atoms with Crippen LogP contribution in [0, 0.1) is 0 Å². The summed E-state index contributed by atoms with van der Waals surface area (Å²) >= 11 is 0. The van der Waals surface area contributed by atoms with E-state index in [0.717, 1.165) is 16.6 Å². The smallest absolute Gasteiger partial charge is 0.136 e. The summed E-state index contributed by atoms with van der Waals surface area (Å²) in [5, 5.41) is 20.3. The molecule has 0 saturated heterocycles. The maximum Gasteiger partial charge on any atom is 0.136 e. The lowest BCUT2D eigenvalue weighted by Crippen LogP contribution is -1.91. The third-order valence-corrected chi connectivity index (χ3v) is 11.1. The molecule has 0 N–H and O–H groups in total. The van der Waals surface area contributed by atoms with Crippen molar-refractivity contribution in [2.24, 2.45) is 0 Å². The normalized spacial score (nSPS) is 12.5. The predicted molar refractivity (Wildman–Crippen MR) is 210 cm³/mol. The molecule has 12 aromatic rings. The highest BCUT2D eigenvalue weighted by Gasteiger charge is 2.22. The van der Waals surface area contributed by atoms with Gasteiger partial charge in [-0.15, -0.1) is 0 Å². The Morgan fingerprint density at radius 2 is 0.755 bits per heavy atom. The number of hydrogen-bond donors (Lipinski definition) is 0. The van der Waals surface area contributed by atoms with Crippen molar-refractivity contribution in [3.63, 3.8) is 0 Å². The summed E-state index contributed by atoms with van der Waals surface area (Å²) in [5.74, 6) is 0. The predicted octanol–water partition coefficient (Wildman–Crippen LogP) is 13.9. The lowest BCUT2D eigenvalue weighted by Gasteiger charge is -2.18. The molecule has 224 valence electrons. The van der Waals surface area contributed by atoms with Crippen molar-refractivity contribution in [1.82, 2.24) is 0 Å². The summed E-state index contributed by atoms with van der Waals surface area (Å²) < 4.78 is 6.72. The third kappa shape index (κ3) is 3.29. The summed E-state index contributed by atoms with van der Waals surface area (Å²) in [6.45, 7) is 0. The molecule has 0 atom stereocenters. The van der Waals surface area contributed by atoms with Gasteiger partial charge in [0.2, 0.25) is 0 Å². The molecular formula is C48H26O. The average Bonchev–Trinajstić information content (AvgIpc) is 3.53. The molecule has 12 rings (SSSR count). The molecule has 0 unspecified atom stereocenters. The number of furan rings is 1. The second kappa shape index (κ2) is 9.13. The summed E-state index contributed by atoms with van der Waals surface area (Å²) in [5.41, 5.74) is 6.76. The topological polar surface area (TPSA) is 13.1 Å². The van der Waals surface area contributed by atoms with Crippen molar-refractivity contribution in [3.8, 4) is 22.3 Å². The van der Waals surface area contributed by atoms with E-state index in [0.29, 0.717) is 0 Å². The molecule has 11 aromatic carbocycles. The molecule has 0 aliphatic carbocycles. The summed E-state index contributed by atoms with van der Waals surface area (Å²) in [4.78, 5) is 0. The molecule has 1 heteroatoms. The van der Waals surface area contributed by atoms with Gasteiger partial charge in [-0.25, -0.2) is 0 Å². The first-order valence-electron chi connectivity index (χ1n) is 17.0. The number of para-hydroxylation sites is 1. The van der Waals surface area contributed by atoms with E-state index in [-0.39, 0.29) is 0 Å². The van der Waals surface area contributed by atoms with Crippen LogP contribution in [-0.2, 0) is 0 Å². The van der Waals surface area contributed by atoms with Gasteiger partial charge in [0.05, 0.1) is 0 Å². The van der Waals surface area contributed by atoms with Crippen LogP contribution in [0.3, 0.4) is 0 Å². The number of hydrogen-bond acceptors (Lipinski definition) is 1. The van der Waals surface area contributed by atoms with E-state index in [1.807, 2.05) is 0 Å². The van der Waals surface area contributed by atoms with Crippen molar-refractivity contribution in [3.05, 3.63) is 158 Å². The lowest BCUT2D eigenvalue weighted by atomic mass is 9.84. The van der Waals surface area contributed by atoms with Crippen molar-refractivity contribution >= 4 is 97.3 Å². The van der Waals surface area contributed by atoms with Crippen LogP contribution in [0.1, 0.15) is 0 Å². The molecule has 0 saturated carbocycles. The molecule has 49 heavy (non-hydrogen) atoms. The summed E-state index contributed by atoms with van der Waals surface area (Å²) in [6.07, 6.45) is 0. The summed E-state index contributed by atoms with van der Waals surface area (Å²) in [6, 6.07) is 58.4. The molecule has 0 fully saturated rings. The van der Waals surface area contributed by atoms with Crippen LogP contribution in [0.15, 0.2) is 162 Å². The number of fused-ring (bicyclic) bond motifs is 4. The SMILES string of the molecule is c1cc2ccc3ccc(-c4cccc5c(-c6ccc7ccc8cccc9ccc6c7c89)c6c(cc45)oc4ccccc46)c4ccc(c1)c2c34. The van der Waals surface area contributed by atoms with E-state index >= 15 is 0 Å². The van der Waals surface area contributed by atoms with Crippen molar-refractivity contribution in [2.45, 2.75) is 0 Å². The van der Waals surface area contributed by atoms with Gasteiger partial charge in [0.25, 0.3) is 0 Å². The van der Waals surface area contributed by atoms with Gasteiger partial charge >= 0.3 is 0 Å². The fourth-order valence-corrected chi connectivity index (χ4v) is 9.07. The third-order valence-electron chi connectivity index (χ3n) is 11.1. The fraction of sp³-hybridized carbons (Fsp3) is 0. The molecule has 0 bridgehead atoms. The van der Waals surface area contributed by atoms with Crippen molar-refractivity contribution < 1.29 is 4.42 Å². The Morgan fingerprint density at radius 3 is 1.43 bits per heavy atom. The first-order chi connectivity index (χ1) is 24.3. The van der Waals surface area contributed by atoms with Crippen molar-refractivity contribution in [1.29, 1.82) is 0 Å². The second-order valence-corrected chi connectivity index (χ2v) is 13.6. The molecule has 0 amide bonds. The maximum absolute atomic E-state index is 6.72. The zero-order valence-electron chi connectivity index (χ0n) is 26.4. The first kappa shape index (κ1) is 25.6. The second-order valence-electron chi connectivity index (χ2n) is 13.6. The van der Waals surface area contributed by atoms with E-state index in [4.69, 9.17) is 4.42 Å². The Hall–Kier alpha value is -6.44. The average molecular weight is 619 g/mol. The summed E-state index contributed by atoms with van der Waals surface area (Å²) in [7, 11) is 0. The Kier molecular flexibility index (Phi) is 4.77. The Balaban J connectivity index is 1.25. The van der Waals surface area contributed by atoms with Crippen LogP contribution in [-0.4, -0.2) is 0 Å². The molecule has 0 spiro atoms. The standard InChI is InChI=1S/C48H26O/c1-2-13-41-39(10-1)48-42(49-41)26-40-33(34-22-18-31-16-14-27-6-3-8-29-19-23-36(34)45(31)43(27)29)11-5-12-35(40)47(48)38-25-21-32-17-15-28-7-4-9-30-20-24-37(38)46(32)44(28)30/h1-26H. The number of rotatable bonds is 2. The molecule has 1 nitrogen and oxygen atoms in total. The minimum Gasteiger partial charge on any atom is -0.456 e. The van der Waals surface area contributed by atoms with Gasteiger partial charge < -0.3 is 4.42 Å². The van der Waals surface area contributed by atoms with Gasteiger partial charge in [0.1, 0.15) is 11.2 Å². The van der Waals surface area contributed by atoms with E-state index in [2.05, 4.69) is 158 Å². The zero-order chi connectivity index (χ0) is 31.8. The van der Waals surface area contributed by atoms with Gasteiger partial charge in [-0.1, -0.05) is 146 Å². The highest BCUT2D eigenvalue weighted by molar-refractivity contribution is 6.31. The molecular weight excluding hydrogens is 593 g/mol. The van der Waals surface area contributed by atoms with E-state index in [1.54, 1.807) is 0 Å². The highest BCUT2D eigenvalue weighted by Crippen LogP contribution is 2.49. The Morgan fingerprint density at radius 1 is 0.265 bits per heavy atom. The molecule has 0 aliphatic rings. The highest BCUT2D eigenvalue weighted by atomic mass is 16.3. The monoisotopic (exact) mass is 618 g/mol. The number of benzene rings is 11. The van der Waals surface area contributed by atoms with Gasteiger partial charge in [0.15, 0.2) is 0 Å². The van der Waals surface area contributed by atoms with E-state index in [9.17, 15) is 0 Å². The molecule has 0 aliphatic heterocycles. The van der Waals surface area contributed by atoms with Gasteiger partial charge in [0, 0.05) is 16.3 Å². The Bertz CT molecular complexity index is 3290. The van der Waals surface area contributed by atoms with E-state index in [1.165, 1.54) is 103 Å². The maximum atomic E-state index is 6.72. The minimum absolute atomic E-state index is 0.913. The van der Waals surface area contributed by atoms with Crippen LogP contribution in [0.25, 0.3) is 120 Å². The van der Waals surface area contributed by atoms with Gasteiger partial charge in [-0.2, -0.15) is 0 Å². The van der Waals surface area contributed by atoms with Crippen LogP contribution >= 0.6 is 0 Å². The van der Waals surface area contributed by atoms with Crippen LogP contribution in [0.2, 0.25) is 0 Å². The quantitative estimate of drug-likeness (QED) is 0.176. The largest absolute Gasteiger partial charge is 0.456 e. The molecule has 1 aromatic heterocycles. The Labute approximate surface area is 280 Å². The molecule has 0 radical (unpaired) electrons. The van der Waals surface area contributed by atoms with Gasteiger partial charge in [-0.3, -0.25) is 0 Å². The van der Waals surface area contributed by atoms with Crippen LogP contribution in [0.4, 0.5) is 0 Å². The van der Waals surface area contributed by atoms with Crippen LogP contribution in [0.5, 0.6) is 0 Å². The molecule has 1 heterocycles. The van der Waals surface area contributed by atoms with Crippen LogP contribution < -0.4 is 0 Å².